The number of hydrogen-bond acceptors (Lipinski definition) is 9. The van der Waals surface area contributed by atoms with E-state index < -0.39 is 5.69 Å². The van der Waals surface area contributed by atoms with Crippen molar-refractivity contribution in [3.63, 3.8) is 0 Å². The van der Waals surface area contributed by atoms with Crippen molar-refractivity contribution in [1.29, 1.82) is 0 Å². The van der Waals surface area contributed by atoms with E-state index in [4.69, 9.17) is 14.7 Å². The highest BCUT2D eigenvalue weighted by molar-refractivity contribution is 5.56. The number of aromatic amines is 2. The predicted molar refractivity (Wildman–Crippen MR) is 114 cm³/mol. The topological polar surface area (TPSA) is 155 Å². The normalized spacial score (nSPS) is 18.5. The Kier molecular flexibility index (Phi) is 4.77. The molecule has 1 aliphatic carbocycles. The molecule has 0 bridgehead atoms. The summed E-state index contributed by atoms with van der Waals surface area (Å²) in [4.78, 5) is 37.2. The molecule has 2 aliphatic rings. The van der Waals surface area contributed by atoms with Gasteiger partial charge < -0.3 is 14.8 Å². The first kappa shape index (κ1) is 19.8. The summed E-state index contributed by atoms with van der Waals surface area (Å²) in [5.74, 6) is 0.170. The largest absolute Gasteiger partial charge is 0.493 e. The number of ether oxygens (including phenoxy) is 1. The minimum atomic E-state index is -0.499. The van der Waals surface area contributed by atoms with Gasteiger partial charge in [0.25, 0.3) is 5.62 Å². The second-order valence-corrected chi connectivity index (χ2v) is 8.17. The number of H-pyrrole nitrogens is 2. The van der Waals surface area contributed by atoms with Gasteiger partial charge in [0.05, 0.1) is 31.1 Å². The lowest BCUT2D eigenvalue weighted by atomic mass is 10.3. The molecule has 4 aromatic rings. The number of aromatic hydroxyl groups is 1. The number of nitrogens with zero attached hydrogens (tertiary/aromatic N) is 8. The second kappa shape index (κ2) is 7.94. The van der Waals surface area contributed by atoms with Crippen LogP contribution in [0.3, 0.4) is 0 Å². The highest BCUT2D eigenvalue weighted by Crippen LogP contribution is 2.22. The van der Waals surface area contributed by atoms with E-state index in [1.54, 1.807) is 27.7 Å². The van der Waals surface area contributed by atoms with Crippen molar-refractivity contribution in [2.24, 2.45) is 4.99 Å². The van der Waals surface area contributed by atoms with E-state index in [0.717, 1.165) is 51.4 Å². The molecule has 13 nitrogen and oxygen atoms in total. The third-order valence-electron chi connectivity index (χ3n) is 5.60. The third kappa shape index (κ3) is 4.03. The van der Waals surface area contributed by atoms with Crippen LogP contribution in [0.1, 0.15) is 24.2 Å². The second-order valence-electron chi connectivity index (χ2n) is 8.17. The fourth-order valence-electron chi connectivity index (χ4n) is 3.73. The number of morpholine rings is 1. The number of nitrogens with one attached hydrogen (secondary N) is 2. The molecular formula is C20H22N10O3. The van der Waals surface area contributed by atoms with E-state index in [2.05, 4.69) is 29.9 Å². The summed E-state index contributed by atoms with van der Waals surface area (Å²) in [6, 6.07) is 0.234. The van der Waals surface area contributed by atoms with Crippen LogP contribution in [0, 0.1) is 0 Å². The Hall–Kier alpha value is -3.84. The van der Waals surface area contributed by atoms with Crippen LogP contribution in [0.5, 0.6) is 5.88 Å². The summed E-state index contributed by atoms with van der Waals surface area (Å²) in [5, 5.41) is 14.9. The van der Waals surface area contributed by atoms with E-state index in [1.165, 1.54) is 0 Å². The van der Waals surface area contributed by atoms with E-state index in [1.807, 2.05) is 6.20 Å². The highest BCUT2D eigenvalue weighted by Gasteiger charge is 2.21. The summed E-state index contributed by atoms with van der Waals surface area (Å²) >= 11 is 0. The van der Waals surface area contributed by atoms with Crippen LogP contribution in [0.25, 0.3) is 17.7 Å². The Bertz CT molecular complexity index is 1490. The molecule has 3 N–H and O–H groups in total. The fraction of sp³-hybridized carbons (Fsp3) is 0.400. The van der Waals surface area contributed by atoms with E-state index in [0.29, 0.717) is 22.4 Å². The van der Waals surface area contributed by atoms with Crippen molar-refractivity contribution in [3.05, 3.63) is 51.4 Å². The molecule has 1 aliphatic heterocycles. The zero-order valence-corrected chi connectivity index (χ0v) is 17.7. The zero-order valence-electron chi connectivity index (χ0n) is 17.7. The molecule has 170 valence electrons. The van der Waals surface area contributed by atoms with Crippen molar-refractivity contribution in [1.82, 2.24) is 44.0 Å². The summed E-state index contributed by atoms with van der Waals surface area (Å²) in [6.07, 6.45) is 8.85. The van der Waals surface area contributed by atoms with E-state index >= 15 is 0 Å². The Morgan fingerprint density at radius 3 is 2.85 bits per heavy atom. The Morgan fingerprint density at radius 2 is 2.09 bits per heavy atom. The van der Waals surface area contributed by atoms with Gasteiger partial charge in [-0.25, -0.2) is 14.8 Å². The van der Waals surface area contributed by atoms with Gasteiger partial charge in [-0.1, -0.05) is 0 Å². The van der Waals surface area contributed by atoms with Crippen LogP contribution in [0.2, 0.25) is 0 Å². The lowest BCUT2D eigenvalue weighted by Crippen LogP contribution is -2.35. The standard InChI is InChI=1S/C20H22N10O3/c31-17-15(24-20(32)26-17)7-12-8-22-30-16(12)25-18(27-19(30)23-13-1-2-13)29-10-14(21-11-29)9-28-3-5-33-6-4-28/h7-8,10-11,13,31H,1-6,9H2,(H2,24,26,32). The third-order valence-corrected chi connectivity index (χ3v) is 5.60. The predicted octanol–water partition coefficient (Wildman–Crippen LogP) is -1.52. The van der Waals surface area contributed by atoms with Crippen molar-refractivity contribution in [2.45, 2.75) is 25.4 Å². The highest BCUT2D eigenvalue weighted by atomic mass is 16.5. The van der Waals surface area contributed by atoms with Crippen molar-refractivity contribution in [2.75, 3.05) is 26.3 Å². The maximum atomic E-state index is 11.5. The molecule has 0 unspecified atom stereocenters. The molecule has 6 rings (SSSR count). The van der Waals surface area contributed by atoms with Gasteiger partial charge >= 0.3 is 5.69 Å². The Morgan fingerprint density at radius 1 is 1.24 bits per heavy atom. The average molecular weight is 450 g/mol. The van der Waals surface area contributed by atoms with Gasteiger partial charge in [0.1, 0.15) is 12.0 Å². The van der Waals surface area contributed by atoms with E-state index in [-0.39, 0.29) is 17.6 Å². The van der Waals surface area contributed by atoms with Crippen LogP contribution in [0.15, 0.2) is 28.5 Å². The van der Waals surface area contributed by atoms with Crippen LogP contribution in [-0.2, 0) is 11.3 Å². The first-order valence-corrected chi connectivity index (χ1v) is 10.8. The molecule has 1 saturated carbocycles. The molecule has 0 aromatic carbocycles. The number of aromatic nitrogens is 8. The van der Waals surface area contributed by atoms with Gasteiger partial charge in [0, 0.05) is 31.0 Å². The molecule has 1 saturated heterocycles. The lowest BCUT2D eigenvalue weighted by molar-refractivity contribution is 0.0337. The van der Waals surface area contributed by atoms with Crippen LogP contribution in [-0.4, -0.2) is 81.5 Å². The van der Waals surface area contributed by atoms with Crippen LogP contribution < -0.4 is 16.5 Å². The van der Waals surface area contributed by atoms with E-state index in [9.17, 15) is 9.90 Å². The maximum absolute atomic E-state index is 11.5. The van der Waals surface area contributed by atoms with Crippen LogP contribution >= 0.6 is 0 Å². The quantitative estimate of drug-likeness (QED) is 0.331. The first-order chi connectivity index (χ1) is 16.1. The molecule has 4 aromatic heterocycles. The van der Waals surface area contributed by atoms with Gasteiger partial charge in [0.15, 0.2) is 5.65 Å². The maximum Gasteiger partial charge on any atom is 0.326 e. The number of fused-ring (bicyclic) bond motifs is 1. The first-order valence-electron chi connectivity index (χ1n) is 10.8. The number of imidazole rings is 2. The summed E-state index contributed by atoms with van der Waals surface area (Å²) in [5.41, 5.74) is 1.61. The van der Waals surface area contributed by atoms with Crippen LogP contribution in [0.4, 0.5) is 0 Å². The molecule has 2 fully saturated rings. The number of rotatable bonds is 5. The van der Waals surface area contributed by atoms with Crippen molar-refractivity contribution in [3.8, 4) is 11.8 Å². The molecule has 13 heteroatoms. The minimum absolute atomic E-state index is 0.234. The van der Waals surface area contributed by atoms with Gasteiger partial charge in [-0.2, -0.15) is 19.6 Å². The average Bonchev–Trinajstić information content (AvgIpc) is 3.19. The van der Waals surface area contributed by atoms with Gasteiger partial charge in [-0.15, -0.1) is 0 Å². The smallest absolute Gasteiger partial charge is 0.326 e. The summed E-state index contributed by atoms with van der Waals surface area (Å²) < 4.78 is 8.75. The monoisotopic (exact) mass is 450 g/mol. The van der Waals surface area contributed by atoms with Gasteiger partial charge in [-0.3, -0.25) is 14.5 Å². The molecule has 0 amide bonds. The Balaban J connectivity index is 1.43. The molecule has 0 spiro atoms. The molecule has 0 atom stereocenters. The number of hydrogen-bond donors (Lipinski definition) is 3. The zero-order chi connectivity index (χ0) is 22.4. The summed E-state index contributed by atoms with van der Waals surface area (Å²) in [6.45, 7) is 3.94. The van der Waals surface area contributed by atoms with Gasteiger partial charge in [-0.05, 0) is 18.9 Å². The van der Waals surface area contributed by atoms with Gasteiger partial charge in [0.2, 0.25) is 11.8 Å². The van der Waals surface area contributed by atoms with Crippen molar-refractivity contribution < 1.29 is 9.84 Å². The molecule has 5 heterocycles. The molecular weight excluding hydrogens is 428 g/mol. The lowest BCUT2D eigenvalue weighted by Gasteiger charge is -2.25. The van der Waals surface area contributed by atoms with Crippen molar-refractivity contribution >= 4 is 11.7 Å². The minimum Gasteiger partial charge on any atom is -0.493 e. The fourth-order valence-corrected chi connectivity index (χ4v) is 3.73. The molecule has 0 radical (unpaired) electrons. The summed E-state index contributed by atoms with van der Waals surface area (Å²) in [7, 11) is 0. The SMILES string of the molecule is O=c1[nH]c(O)c(C=c2cnn3c(=NC4CC4)nc(-n4cnc(CN5CCOCC5)c4)nc23)[nH]1. The Labute approximate surface area is 186 Å². The molecule has 33 heavy (non-hydrogen) atoms.